The Morgan fingerprint density at radius 1 is 1.31 bits per heavy atom. The number of hydrogen-bond donors (Lipinski definition) is 3. The van der Waals surface area contributed by atoms with Gasteiger partial charge in [-0.3, -0.25) is 0 Å². The molecular weight excluding hydrogens is 335 g/mol. The molecule has 1 aliphatic rings. The molecule has 5 heteroatoms. The Morgan fingerprint density at radius 2 is 2.04 bits per heavy atom. The van der Waals surface area contributed by atoms with Crippen LogP contribution in [-0.4, -0.2) is 39.7 Å². The van der Waals surface area contributed by atoms with Crippen LogP contribution in [0.2, 0.25) is 0 Å². The summed E-state index contributed by atoms with van der Waals surface area (Å²) in [6.45, 7) is 4.13. The van der Waals surface area contributed by atoms with Crippen molar-refractivity contribution in [3.05, 3.63) is 24.3 Å². The molecule has 0 amide bonds. The van der Waals surface area contributed by atoms with Gasteiger partial charge in [-0.2, -0.15) is 0 Å². The van der Waals surface area contributed by atoms with Crippen molar-refractivity contribution in [3.8, 4) is 0 Å². The van der Waals surface area contributed by atoms with Crippen LogP contribution in [0.5, 0.6) is 0 Å². The first kappa shape index (κ1) is 22.8. The predicted octanol–water partition coefficient (Wildman–Crippen LogP) is 4.27. The molecule has 1 aliphatic carbocycles. The van der Waals surface area contributed by atoms with E-state index in [1.807, 2.05) is 13.0 Å². The Balaban J connectivity index is 2.50. The van der Waals surface area contributed by atoms with Crippen LogP contribution in [0.1, 0.15) is 65.2 Å². The maximum Gasteiger partial charge on any atom is 0.327 e. The molecule has 4 nitrogen and oxygen atoms in total. The van der Waals surface area contributed by atoms with E-state index in [-0.39, 0.29) is 24.2 Å². The van der Waals surface area contributed by atoms with Crippen molar-refractivity contribution in [2.24, 2.45) is 17.8 Å². The highest BCUT2D eigenvalue weighted by Gasteiger charge is 2.40. The van der Waals surface area contributed by atoms with Gasteiger partial charge in [0.25, 0.3) is 0 Å². The molecule has 0 aliphatic heterocycles. The van der Waals surface area contributed by atoms with Crippen LogP contribution in [0, 0.1) is 17.8 Å². The first-order chi connectivity index (χ1) is 12.4. The summed E-state index contributed by atoms with van der Waals surface area (Å²) >= 11 is 0. The molecule has 1 fully saturated rings. The van der Waals surface area contributed by atoms with Crippen LogP contribution >= 0.6 is 0 Å². The SMILES string of the molecule is CCCCC(C)[C@H](O)/C=C/[C@@H]1[C@@H](CCCC/C=C/C(=O)O)[C@H](F)C[C@H]1O. The van der Waals surface area contributed by atoms with E-state index in [1.165, 1.54) is 0 Å². The number of aliphatic hydroxyl groups excluding tert-OH is 2. The van der Waals surface area contributed by atoms with Gasteiger partial charge in [-0.25, -0.2) is 9.18 Å². The van der Waals surface area contributed by atoms with Gasteiger partial charge in [-0.05, 0) is 37.5 Å². The second-order valence-electron chi connectivity index (χ2n) is 7.58. The van der Waals surface area contributed by atoms with E-state index in [2.05, 4.69) is 6.92 Å². The van der Waals surface area contributed by atoms with Crippen molar-refractivity contribution in [1.82, 2.24) is 0 Å². The normalized spacial score (nSPS) is 28.8. The molecule has 6 atom stereocenters. The molecule has 0 radical (unpaired) electrons. The molecule has 26 heavy (non-hydrogen) atoms. The second-order valence-corrected chi connectivity index (χ2v) is 7.58. The fraction of sp³-hybridized carbons (Fsp3) is 0.762. The summed E-state index contributed by atoms with van der Waals surface area (Å²) in [5.41, 5.74) is 0. The van der Waals surface area contributed by atoms with E-state index in [4.69, 9.17) is 5.11 Å². The number of aliphatic hydroxyl groups is 2. The minimum atomic E-state index is -1.02. The fourth-order valence-electron chi connectivity index (χ4n) is 3.69. The topological polar surface area (TPSA) is 77.8 Å². The summed E-state index contributed by atoms with van der Waals surface area (Å²) in [5.74, 6) is -1.29. The number of carbonyl (C=O) groups is 1. The predicted molar refractivity (Wildman–Crippen MR) is 102 cm³/mol. The number of unbranched alkanes of at least 4 members (excludes halogenated alkanes) is 3. The zero-order valence-corrected chi connectivity index (χ0v) is 16.1. The van der Waals surface area contributed by atoms with Crippen LogP contribution in [-0.2, 0) is 4.79 Å². The van der Waals surface area contributed by atoms with E-state index >= 15 is 0 Å². The number of rotatable bonds is 12. The van der Waals surface area contributed by atoms with Crippen molar-refractivity contribution in [1.29, 1.82) is 0 Å². The summed E-state index contributed by atoms with van der Waals surface area (Å²) in [6, 6.07) is 0. The summed E-state index contributed by atoms with van der Waals surface area (Å²) < 4.78 is 14.3. The van der Waals surface area contributed by atoms with Gasteiger partial charge in [0.2, 0.25) is 0 Å². The number of carboxylic acids is 1. The standard InChI is InChI=1S/C21H35FO4/c1-3-4-9-15(2)19(23)13-12-17-16(18(22)14-20(17)24)10-7-5-6-8-11-21(25)26/h8,11-13,15-20,23-24H,3-7,9-10,14H2,1-2H3,(H,25,26)/b11-8+,13-12+/t15?,16-,17-,18-,19-,20-/m1/s1. The largest absolute Gasteiger partial charge is 0.478 e. The van der Waals surface area contributed by atoms with Gasteiger partial charge < -0.3 is 15.3 Å². The minimum absolute atomic E-state index is 0.153. The lowest BCUT2D eigenvalue weighted by molar-refractivity contribution is -0.131. The molecule has 0 saturated heterocycles. The zero-order valence-electron chi connectivity index (χ0n) is 16.1. The van der Waals surface area contributed by atoms with Crippen molar-refractivity contribution in [2.45, 2.75) is 83.6 Å². The summed E-state index contributed by atoms with van der Waals surface area (Å²) in [7, 11) is 0. The molecule has 0 aromatic rings. The first-order valence-corrected chi connectivity index (χ1v) is 9.94. The third-order valence-corrected chi connectivity index (χ3v) is 5.42. The maximum absolute atomic E-state index is 14.3. The van der Waals surface area contributed by atoms with Crippen LogP contribution in [0.15, 0.2) is 24.3 Å². The smallest absolute Gasteiger partial charge is 0.327 e. The van der Waals surface area contributed by atoms with Crippen LogP contribution in [0.25, 0.3) is 0 Å². The molecule has 0 heterocycles. The van der Waals surface area contributed by atoms with Gasteiger partial charge >= 0.3 is 5.97 Å². The summed E-state index contributed by atoms with van der Waals surface area (Å²) in [6.07, 6.45) is 10.2. The van der Waals surface area contributed by atoms with Gasteiger partial charge in [0.15, 0.2) is 0 Å². The quantitative estimate of drug-likeness (QED) is 0.272. The van der Waals surface area contributed by atoms with E-state index in [0.29, 0.717) is 12.8 Å². The summed E-state index contributed by atoms with van der Waals surface area (Å²) in [5, 5.41) is 29.0. The van der Waals surface area contributed by atoms with Crippen molar-refractivity contribution in [3.63, 3.8) is 0 Å². The van der Waals surface area contributed by atoms with E-state index in [9.17, 15) is 19.4 Å². The number of carboxylic acid groups (broad SMARTS) is 1. The molecule has 0 bridgehead atoms. The molecule has 0 aromatic heterocycles. The lowest BCUT2D eigenvalue weighted by Gasteiger charge is -2.21. The molecule has 3 N–H and O–H groups in total. The molecule has 0 spiro atoms. The number of halogens is 1. The first-order valence-electron chi connectivity index (χ1n) is 9.94. The Labute approximate surface area is 156 Å². The van der Waals surface area contributed by atoms with E-state index < -0.39 is 24.3 Å². The average molecular weight is 371 g/mol. The maximum atomic E-state index is 14.3. The van der Waals surface area contributed by atoms with E-state index in [0.717, 1.165) is 38.2 Å². The molecule has 0 aromatic carbocycles. The Bertz CT molecular complexity index is 463. The lowest BCUT2D eigenvalue weighted by atomic mass is 9.87. The Hall–Kier alpha value is -1.20. The number of alkyl halides is 1. The van der Waals surface area contributed by atoms with Crippen molar-refractivity contribution < 1.29 is 24.5 Å². The van der Waals surface area contributed by atoms with Gasteiger partial charge in [-0.15, -0.1) is 0 Å². The highest BCUT2D eigenvalue weighted by atomic mass is 19.1. The Kier molecular flexibility index (Phi) is 10.7. The lowest BCUT2D eigenvalue weighted by Crippen LogP contribution is -2.21. The van der Waals surface area contributed by atoms with E-state index in [1.54, 1.807) is 12.2 Å². The zero-order chi connectivity index (χ0) is 19.5. The Morgan fingerprint density at radius 3 is 2.69 bits per heavy atom. The minimum Gasteiger partial charge on any atom is -0.478 e. The molecule has 1 saturated carbocycles. The third-order valence-electron chi connectivity index (χ3n) is 5.42. The number of allylic oxidation sites excluding steroid dienone is 1. The van der Waals surface area contributed by atoms with Gasteiger partial charge in [-0.1, -0.05) is 51.3 Å². The highest BCUT2D eigenvalue weighted by Crippen LogP contribution is 2.39. The molecule has 150 valence electrons. The van der Waals surface area contributed by atoms with Crippen molar-refractivity contribution in [2.75, 3.05) is 0 Å². The van der Waals surface area contributed by atoms with Crippen LogP contribution in [0.3, 0.4) is 0 Å². The van der Waals surface area contributed by atoms with Gasteiger partial charge in [0.1, 0.15) is 6.17 Å². The number of aliphatic carboxylic acids is 1. The average Bonchev–Trinajstić information content (AvgIpc) is 2.86. The molecule has 1 rings (SSSR count). The van der Waals surface area contributed by atoms with Gasteiger partial charge in [0.05, 0.1) is 12.2 Å². The van der Waals surface area contributed by atoms with Crippen LogP contribution in [0.4, 0.5) is 4.39 Å². The summed E-state index contributed by atoms with van der Waals surface area (Å²) in [4.78, 5) is 10.4. The molecule has 1 unspecified atom stereocenters. The fourth-order valence-corrected chi connectivity index (χ4v) is 3.69. The second kappa shape index (κ2) is 12.2. The molecular formula is C21H35FO4. The highest BCUT2D eigenvalue weighted by molar-refractivity contribution is 5.79. The monoisotopic (exact) mass is 370 g/mol. The van der Waals surface area contributed by atoms with Crippen LogP contribution < -0.4 is 0 Å². The third kappa shape index (κ3) is 8.00. The van der Waals surface area contributed by atoms with Crippen molar-refractivity contribution >= 4 is 5.97 Å². The van der Waals surface area contributed by atoms with Gasteiger partial charge in [0, 0.05) is 18.4 Å². The number of hydrogen-bond acceptors (Lipinski definition) is 3.